The minimum Gasteiger partial charge on any atom is -0.301 e. The van der Waals surface area contributed by atoms with Gasteiger partial charge in [-0.2, -0.15) is 0 Å². The van der Waals surface area contributed by atoms with Crippen molar-refractivity contribution in [2.24, 2.45) is 0 Å². The molecule has 0 aliphatic rings. The molecule has 1 aromatic heterocycles. The van der Waals surface area contributed by atoms with E-state index in [-0.39, 0.29) is 0 Å². The van der Waals surface area contributed by atoms with Crippen molar-refractivity contribution < 1.29 is 1.37 Å². The van der Waals surface area contributed by atoms with Crippen molar-refractivity contribution in [1.29, 1.82) is 0 Å². The quantitative estimate of drug-likeness (QED) is 0.718. The molecule has 20 heavy (non-hydrogen) atoms. The van der Waals surface area contributed by atoms with Crippen LogP contribution in [0.25, 0.3) is 0 Å². The van der Waals surface area contributed by atoms with Crippen LogP contribution in [-0.4, -0.2) is 0 Å². The lowest BCUT2D eigenvalue weighted by atomic mass is 9.99. The molecule has 0 saturated carbocycles. The van der Waals surface area contributed by atoms with Gasteiger partial charge in [-0.25, -0.2) is 0 Å². The van der Waals surface area contributed by atoms with E-state index in [1.807, 2.05) is 66.7 Å². The monoisotopic (exact) mass is 280 g/mol. The Morgan fingerprint density at radius 2 is 1.45 bits per heavy atom. The summed E-state index contributed by atoms with van der Waals surface area (Å²) in [5, 5.41) is 5.47. The van der Waals surface area contributed by atoms with Crippen LogP contribution in [0, 0.1) is 0 Å². The Bertz CT molecular complexity index is 625. The Morgan fingerprint density at radius 3 is 1.95 bits per heavy atom. The molecule has 2 aromatic carbocycles. The van der Waals surface area contributed by atoms with Crippen LogP contribution in [0.5, 0.6) is 0 Å². The van der Waals surface area contributed by atoms with Crippen LogP contribution < -0.4 is 5.32 Å². The Hall–Kier alpha value is -1.90. The van der Waals surface area contributed by atoms with Crippen molar-refractivity contribution in [3.05, 3.63) is 94.2 Å². The van der Waals surface area contributed by atoms with E-state index in [1.54, 1.807) is 11.3 Å². The molecule has 0 aliphatic carbocycles. The summed E-state index contributed by atoms with van der Waals surface area (Å²) in [4.78, 5) is 1.23. The van der Waals surface area contributed by atoms with E-state index < -0.39 is 6.02 Å². The molecular formula is C18H17NS. The summed E-state index contributed by atoms with van der Waals surface area (Å²) >= 11 is 1.71. The van der Waals surface area contributed by atoms with Crippen LogP contribution in [-0.2, 0) is 6.54 Å². The Balaban J connectivity index is 1.95. The molecule has 0 aliphatic heterocycles. The maximum Gasteiger partial charge on any atom is 0.0579 e. The summed E-state index contributed by atoms with van der Waals surface area (Å²) in [5.74, 6) is 0. The van der Waals surface area contributed by atoms with Crippen molar-refractivity contribution in [3.8, 4) is 0 Å². The highest BCUT2D eigenvalue weighted by atomic mass is 32.1. The molecule has 100 valence electrons. The average Bonchev–Trinajstić information content (AvgIpc) is 3.08. The van der Waals surface area contributed by atoms with Gasteiger partial charge in [0.15, 0.2) is 0 Å². The largest absolute Gasteiger partial charge is 0.301 e. The molecule has 1 N–H and O–H groups in total. The first-order valence-corrected chi connectivity index (χ1v) is 7.55. The first-order chi connectivity index (χ1) is 10.3. The molecule has 1 heterocycles. The Kier molecular flexibility index (Phi) is 3.87. The molecule has 0 radical (unpaired) electrons. The van der Waals surface area contributed by atoms with Crippen LogP contribution in [0.3, 0.4) is 0 Å². The van der Waals surface area contributed by atoms with Gasteiger partial charge in [0, 0.05) is 11.4 Å². The lowest BCUT2D eigenvalue weighted by molar-refractivity contribution is 0.610. The standard InChI is InChI=1S/C18H17NS/c1-3-8-15(9-4-1)18(16-10-5-2-6-11-16)19-14-17-12-7-13-20-17/h1-13,18-19H,14H2/i18D. The van der Waals surface area contributed by atoms with Crippen molar-refractivity contribution in [3.63, 3.8) is 0 Å². The zero-order valence-electron chi connectivity index (χ0n) is 12.1. The van der Waals surface area contributed by atoms with Crippen LogP contribution in [0.1, 0.15) is 23.4 Å². The van der Waals surface area contributed by atoms with Crippen molar-refractivity contribution in [2.45, 2.75) is 12.6 Å². The number of thiophene rings is 1. The SMILES string of the molecule is [2H]C(NCc1cccs1)(c1ccccc1)c1ccccc1. The van der Waals surface area contributed by atoms with Gasteiger partial charge < -0.3 is 5.32 Å². The summed E-state index contributed by atoms with van der Waals surface area (Å²) in [7, 11) is 0. The van der Waals surface area contributed by atoms with Gasteiger partial charge in [0.05, 0.1) is 7.39 Å². The smallest absolute Gasteiger partial charge is 0.0579 e. The molecule has 2 heteroatoms. The summed E-state index contributed by atoms with van der Waals surface area (Å²) in [6, 6.07) is 23.1. The zero-order valence-corrected chi connectivity index (χ0v) is 11.9. The molecule has 0 atom stereocenters. The second-order valence-electron chi connectivity index (χ2n) is 4.54. The topological polar surface area (TPSA) is 12.0 Å². The summed E-state index contributed by atoms with van der Waals surface area (Å²) in [6.45, 7) is 0.685. The predicted molar refractivity (Wildman–Crippen MR) is 85.9 cm³/mol. The van der Waals surface area contributed by atoms with E-state index in [9.17, 15) is 0 Å². The van der Waals surface area contributed by atoms with Crippen LogP contribution in [0.4, 0.5) is 0 Å². The molecule has 3 rings (SSSR count). The fraction of sp³-hybridized carbons (Fsp3) is 0.111. The van der Waals surface area contributed by atoms with Gasteiger partial charge in [-0.1, -0.05) is 66.7 Å². The van der Waals surface area contributed by atoms with Gasteiger partial charge >= 0.3 is 0 Å². The molecule has 0 amide bonds. The number of benzene rings is 2. The molecule has 0 bridgehead atoms. The zero-order chi connectivity index (χ0) is 14.5. The molecule has 1 nitrogen and oxygen atoms in total. The van der Waals surface area contributed by atoms with Gasteiger partial charge in [0.25, 0.3) is 0 Å². The van der Waals surface area contributed by atoms with Gasteiger partial charge in [0.2, 0.25) is 0 Å². The van der Waals surface area contributed by atoms with Crippen LogP contribution >= 0.6 is 11.3 Å². The maximum atomic E-state index is 9.00. The summed E-state index contributed by atoms with van der Waals surface area (Å²) in [6.07, 6.45) is 0. The van der Waals surface area contributed by atoms with Crippen molar-refractivity contribution in [1.82, 2.24) is 5.32 Å². The number of nitrogens with one attached hydrogen (secondary N) is 1. The third-order valence-corrected chi connectivity index (χ3v) is 4.02. The minimum absolute atomic E-state index is 0.685. The number of hydrogen-bond acceptors (Lipinski definition) is 2. The second kappa shape index (κ2) is 6.51. The van der Waals surface area contributed by atoms with Crippen molar-refractivity contribution in [2.75, 3.05) is 0 Å². The maximum absolute atomic E-state index is 9.00. The first-order valence-electron chi connectivity index (χ1n) is 7.17. The van der Waals surface area contributed by atoms with E-state index in [4.69, 9.17) is 1.37 Å². The van der Waals surface area contributed by atoms with E-state index in [2.05, 4.69) is 16.8 Å². The van der Waals surface area contributed by atoms with E-state index in [0.717, 1.165) is 11.1 Å². The lowest BCUT2D eigenvalue weighted by Crippen LogP contribution is -2.21. The number of rotatable bonds is 5. The van der Waals surface area contributed by atoms with E-state index in [1.165, 1.54) is 4.88 Å². The highest BCUT2D eigenvalue weighted by Gasteiger charge is 2.12. The van der Waals surface area contributed by atoms with Crippen LogP contribution in [0.15, 0.2) is 78.2 Å². The predicted octanol–water partition coefficient (Wildman–Crippen LogP) is 4.63. The summed E-state index contributed by atoms with van der Waals surface area (Å²) in [5.41, 5.74) is 1.90. The van der Waals surface area contributed by atoms with Crippen LogP contribution in [0.2, 0.25) is 0 Å². The van der Waals surface area contributed by atoms with Gasteiger partial charge in [0.1, 0.15) is 0 Å². The molecule has 0 spiro atoms. The van der Waals surface area contributed by atoms with Gasteiger partial charge in [-0.05, 0) is 22.6 Å². The third kappa shape index (κ3) is 3.16. The highest BCUT2D eigenvalue weighted by molar-refractivity contribution is 7.09. The molecule has 0 unspecified atom stereocenters. The van der Waals surface area contributed by atoms with E-state index in [0.29, 0.717) is 6.54 Å². The molecule has 0 fully saturated rings. The number of hydrogen-bond donors (Lipinski definition) is 1. The fourth-order valence-electron chi connectivity index (χ4n) is 2.17. The third-order valence-electron chi connectivity index (χ3n) is 3.14. The first kappa shape index (κ1) is 11.9. The average molecular weight is 280 g/mol. The second-order valence-corrected chi connectivity index (χ2v) is 5.57. The fourth-order valence-corrected chi connectivity index (χ4v) is 2.81. The van der Waals surface area contributed by atoms with E-state index >= 15 is 0 Å². The molecule has 0 saturated heterocycles. The highest BCUT2D eigenvalue weighted by Crippen LogP contribution is 2.22. The Labute approximate surface area is 125 Å². The van der Waals surface area contributed by atoms with Crippen molar-refractivity contribution >= 4 is 11.3 Å². The molecular weight excluding hydrogens is 262 g/mol. The van der Waals surface area contributed by atoms with Gasteiger partial charge in [-0.15, -0.1) is 11.3 Å². The molecule has 3 aromatic rings. The summed E-state index contributed by atoms with van der Waals surface area (Å²) < 4.78 is 9.00. The Morgan fingerprint density at radius 1 is 0.850 bits per heavy atom. The van der Waals surface area contributed by atoms with Gasteiger partial charge in [-0.3, -0.25) is 0 Å². The normalized spacial score (nSPS) is 12.1. The lowest BCUT2D eigenvalue weighted by Gasteiger charge is -2.19. The minimum atomic E-state index is -0.938.